The molecule has 0 saturated carbocycles. The number of piperidine rings is 1. The van der Waals surface area contributed by atoms with Crippen molar-refractivity contribution in [1.82, 2.24) is 20.0 Å². The third kappa shape index (κ3) is 6.52. The van der Waals surface area contributed by atoms with Crippen LogP contribution in [0.15, 0.2) is 30.5 Å². The van der Waals surface area contributed by atoms with Crippen LogP contribution in [0, 0.1) is 11.8 Å². The molecule has 0 spiro atoms. The molecule has 1 amide bonds. The summed E-state index contributed by atoms with van der Waals surface area (Å²) in [5.41, 5.74) is -3.70. The average molecular weight is 490 g/mol. The predicted octanol–water partition coefficient (Wildman–Crippen LogP) is 5.40. The minimum Gasteiger partial charge on any atom is -0.352 e. The summed E-state index contributed by atoms with van der Waals surface area (Å²) < 4.78 is 80.6. The number of nitrogens with one attached hydrogen (secondary N) is 1. The lowest BCUT2D eigenvalue weighted by Crippen LogP contribution is -2.39. The molecule has 1 aromatic heterocycles. The molecule has 5 nitrogen and oxygen atoms in total. The lowest BCUT2D eigenvalue weighted by Gasteiger charge is -2.34. The molecule has 11 heteroatoms. The number of unbranched alkanes of at least 4 members (excludes halogenated alkanes) is 1. The van der Waals surface area contributed by atoms with Crippen molar-refractivity contribution in [2.24, 2.45) is 11.8 Å². The van der Waals surface area contributed by atoms with Crippen molar-refractivity contribution in [1.29, 1.82) is 0 Å². The van der Waals surface area contributed by atoms with Gasteiger partial charge in [0.2, 0.25) is 0 Å². The Morgan fingerprint density at radius 3 is 2.35 bits per heavy atom. The summed E-state index contributed by atoms with van der Waals surface area (Å²) >= 11 is 0. The molecule has 2 aromatic rings. The van der Waals surface area contributed by atoms with E-state index in [0.717, 1.165) is 50.5 Å². The van der Waals surface area contributed by atoms with Gasteiger partial charge in [-0.25, -0.2) is 4.68 Å². The van der Waals surface area contributed by atoms with Gasteiger partial charge in [-0.05, 0) is 55.8 Å². The minimum atomic E-state index is -5.00. The van der Waals surface area contributed by atoms with E-state index in [4.69, 9.17) is 0 Å². The number of aromatic nitrogens is 2. The van der Waals surface area contributed by atoms with Crippen LogP contribution < -0.4 is 5.32 Å². The van der Waals surface area contributed by atoms with Crippen LogP contribution in [0.1, 0.15) is 54.7 Å². The van der Waals surface area contributed by atoms with E-state index in [-0.39, 0.29) is 6.54 Å². The van der Waals surface area contributed by atoms with Crippen molar-refractivity contribution in [2.45, 2.75) is 45.5 Å². The third-order valence-corrected chi connectivity index (χ3v) is 5.83. The number of benzene rings is 1. The van der Waals surface area contributed by atoms with Gasteiger partial charge in [-0.1, -0.05) is 19.9 Å². The Kier molecular flexibility index (Phi) is 7.95. The molecule has 1 N–H and O–H groups in total. The van der Waals surface area contributed by atoms with Crippen LogP contribution in [0.3, 0.4) is 0 Å². The van der Waals surface area contributed by atoms with E-state index in [9.17, 15) is 31.1 Å². The molecule has 0 aliphatic carbocycles. The molecule has 2 unspecified atom stereocenters. The fraction of sp³-hybridized carbons (Fsp3) is 0.565. The van der Waals surface area contributed by atoms with Crippen LogP contribution in [-0.4, -0.2) is 46.8 Å². The molecule has 1 aromatic carbocycles. The Bertz CT molecular complexity index is 975. The maximum absolute atomic E-state index is 13.8. The van der Waals surface area contributed by atoms with E-state index in [1.165, 1.54) is 6.42 Å². The van der Waals surface area contributed by atoms with Crippen LogP contribution in [0.25, 0.3) is 5.69 Å². The van der Waals surface area contributed by atoms with Crippen LogP contribution >= 0.6 is 0 Å². The van der Waals surface area contributed by atoms with Gasteiger partial charge in [0, 0.05) is 19.6 Å². The predicted molar refractivity (Wildman–Crippen MR) is 115 cm³/mol. The fourth-order valence-corrected chi connectivity index (χ4v) is 4.53. The Hall–Kier alpha value is -2.56. The number of hydrogen-bond acceptors (Lipinski definition) is 3. The fourth-order valence-electron chi connectivity index (χ4n) is 4.53. The first-order valence-corrected chi connectivity index (χ1v) is 11.2. The van der Waals surface area contributed by atoms with Crippen LogP contribution in [0.2, 0.25) is 0 Å². The number of carbonyl (C=O) groups is 1. The summed E-state index contributed by atoms with van der Waals surface area (Å²) in [7, 11) is 0. The number of alkyl halides is 6. The lowest BCUT2D eigenvalue weighted by atomic mass is 9.92. The second-order valence-corrected chi connectivity index (χ2v) is 9.03. The SMILES string of the molecule is CC1CC(C)CN(CCCCNC(=O)c2cnn(-c3cccc(C(F)(F)F)c3)c2C(F)(F)F)C1. The van der Waals surface area contributed by atoms with Gasteiger partial charge in [0.1, 0.15) is 0 Å². The maximum atomic E-state index is 13.8. The molecule has 0 radical (unpaired) electrons. The van der Waals surface area contributed by atoms with E-state index >= 15 is 0 Å². The molecule has 1 aliphatic rings. The quantitative estimate of drug-likeness (QED) is 0.418. The molecule has 34 heavy (non-hydrogen) atoms. The number of likely N-dealkylation sites (tertiary alicyclic amines) is 1. The normalized spacial score (nSPS) is 19.9. The Morgan fingerprint density at radius 1 is 1.06 bits per heavy atom. The second-order valence-electron chi connectivity index (χ2n) is 9.03. The third-order valence-electron chi connectivity index (χ3n) is 5.83. The Labute approximate surface area is 194 Å². The van der Waals surface area contributed by atoms with E-state index in [2.05, 4.69) is 29.2 Å². The first-order chi connectivity index (χ1) is 15.9. The van der Waals surface area contributed by atoms with E-state index in [1.807, 2.05) is 0 Å². The highest BCUT2D eigenvalue weighted by Crippen LogP contribution is 2.35. The summed E-state index contributed by atoms with van der Waals surface area (Å²) in [5, 5.41) is 6.06. The van der Waals surface area contributed by atoms with E-state index in [1.54, 1.807) is 0 Å². The minimum absolute atomic E-state index is 0.184. The summed E-state index contributed by atoms with van der Waals surface area (Å²) in [4.78, 5) is 14.8. The van der Waals surface area contributed by atoms with E-state index < -0.39 is 40.8 Å². The second kappa shape index (κ2) is 10.4. The van der Waals surface area contributed by atoms with Crippen molar-refractivity contribution >= 4 is 5.91 Å². The number of rotatable bonds is 7. The maximum Gasteiger partial charge on any atom is 0.434 e. The van der Waals surface area contributed by atoms with Gasteiger partial charge in [0.25, 0.3) is 5.91 Å². The Balaban J connectivity index is 1.65. The summed E-state index contributed by atoms with van der Waals surface area (Å²) in [5.74, 6) is 0.279. The smallest absolute Gasteiger partial charge is 0.352 e. The van der Waals surface area contributed by atoms with Gasteiger partial charge in [0.15, 0.2) is 5.69 Å². The van der Waals surface area contributed by atoms with Gasteiger partial charge in [-0.3, -0.25) is 4.79 Å². The highest BCUT2D eigenvalue weighted by molar-refractivity contribution is 5.95. The zero-order chi connectivity index (χ0) is 25.1. The molecular formula is C23H28F6N4O. The number of carbonyl (C=O) groups excluding carboxylic acids is 1. The molecule has 0 bridgehead atoms. The Morgan fingerprint density at radius 2 is 1.74 bits per heavy atom. The van der Waals surface area contributed by atoms with Gasteiger partial charge < -0.3 is 10.2 Å². The first kappa shape index (κ1) is 26.1. The van der Waals surface area contributed by atoms with Crippen molar-refractivity contribution < 1.29 is 31.1 Å². The van der Waals surface area contributed by atoms with Crippen LogP contribution in [0.5, 0.6) is 0 Å². The van der Waals surface area contributed by atoms with Crippen molar-refractivity contribution in [3.8, 4) is 5.69 Å². The highest BCUT2D eigenvalue weighted by Gasteiger charge is 2.41. The van der Waals surface area contributed by atoms with Gasteiger partial charge in [-0.2, -0.15) is 31.4 Å². The van der Waals surface area contributed by atoms with Gasteiger partial charge in [0.05, 0.1) is 23.0 Å². The van der Waals surface area contributed by atoms with Crippen LogP contribution in [0.4, 0.5) is 26.3 Å². The molecule has 1 aliphatic heterocycles. The summed E-state index contributed by atoms with van der Waals surface area (Å²) in [6.45, 7) is 7.48. The monoisotopic (exact) mass is 490 g/mol. The van der Waals surface area contributed by atoms with Crippen molar-refractivity contribution in [3.05, 3.63) is 47.3 Å². The van der Waals surface area contributed by atoms with Gasteiger partial charge in [-0.15, -0.1) is 0 Å². The zero-order valence-corrected chi connectivity index (χ0v) is 19.0. The molecule has 1 fully saturated rings. The molecular weight excluding hydrogens is 462 g/mol. The number of halogens is 6. The number of amides is 1. The zero-order valence-electron chi connectivity index (χ0n) is 19.0. The topological polar surface area (TPSA) is 50.2 Å². The molecule has 188 valence electrons. The number of nitrogens with zero attached hydrogens (tertiary/aromatic N) is 3. The first-order valence-electron chi connectivity index (χ1n) is 11.2. The summed E-state index contributed by atoms with van der Waals surface area (Å²) in [6, 6.07) is 3.37. The highest BCUT2D eigenvalue weighted by atomic mass is 19.4. The molecule has 1 saturated heterocycles. The van der Waals surface area contributed by atoms with E-state index in [0.29, 0.717) is 29.0 Å². The van der Waals surface area contributed by atoms with Crippen LogP contribution in [-0.2, 0) is 12.4 Å². The average Bonchev–Trinajstić information content (AvgIpc) is 3.18. The lowest BCUT2D eigenvalue weighted by molar-refractivity contribution is -0.143. The standard InChI is InChI=1S/C23H28F6N4O/c1-15-10-16(2)14-32(13-15)9-4-3-8-30-21(34)19-12-31-33(20(19)23(27,28)29)18-7-5-6-17(11-18)22(24,25)26/h5-7,11-12,15-16H,3-4,8-10,13-14H2,1-2H3,(H,30,34). The van der Waals surface area contributed by atoms with Crippen molar-refractivity contribution in [3.63, 3.8) is 0 Å². The molecule has 2 heterocycles. The van der Waals surface area contributed by atoms with Gasteiger partial charge >= 0.3 is 12.4 Å². The largest absolute Gasteiger partial charge is 0.434 e. The summed E-state index contributed by atoms with van der Waals surface area (Å²) in [6.07, 6.45) is -6.42. The number of hydrogen-bond donors (Lipinski definition) is 1. The molecule has 3 rings (SSSR count). The van der Waals surface area contributed by atoms with Crippen molar-refractivity contribution in [2.75, 3.05) is 26.2 Å². The molecule has 2 atom stereocenters.